The quantitative estimate of drug-likeness (QED) is 0.929. The Hall–Kier alpha value is -1.84. The molecule has 1 aromatic carbocycles. The van der Waals surface area contributed by atoms with Crippen LogP contribution in [-0.2, 0) is 4.79 Å². The number of likely N-dealkylation sites (tertiary alicyclic amines) is 1. The Kier molecular flexibility index (Phi) is 5.58. The van der Waals surface area contributed by atoms with Crippen molar-refractivity contribution in [3.8, 4) is 0 Å². The molecule has 1 unspecified atom stereocenters. The smallest absolute Gasteiger partial charge is 0.253 e. The van der Waals surface area contributed by atoms with Crippen molar-refractivity contribution in [1.82, 2.24) is 10.2 Å². The van der Waals surface area contributed by atoms with Crippen molar-refractivity contribution in [1.29, 1.82) is 0 Å². The van der Waals surface area contributed by atoms with Gasteiger partial charge < -0.3 is 10.2 Å². The van der Waals surface area contributed by atoms with E-state index in [-0.39, 0.29) is 23.8 Å². The maximum absolute atomic E-state index is 12.5. The van der Waals surface area contributed by atoms with E-state index in [1.54, 1.807) is 0 Å². The number of rotatable bonds is 4. The first-order valence-electron chi connectivity index (χ1n) is 8.17. The summed E-state index contributed by atoms with van der Waals surface area (Å²) in [7, 11) is 0. The predicted molar refractivity (Wildman–Crippen MR) is 87.7 cm³/mol. The molecule has 0 bridgehead atoms. The second kappa shape index (κ2) is 7.43. The van der Waals surface area contributed by atoms with Crippen molar-refractivity contribution >= 4 is 11.8 Å². The third-order valence-corrected chi connectivity index (χ3v) is 4.42. The minimum atomic E-state index is 0.0376. The molecule has 4 heteroatoms. The van der Waals surface area contributed by atoms with Gasteiger partial charge in [-0.25, -0.2) is 0 Å². The topological polar surface area (TPSA) is 49.4 Å². The molecule has 1 aliphatic heterocycles. The van der Waals surface area contributed by atoms with Gasteiger partial charge >= 0.3 is 0 Å². The molecule has 1 N–H and O–H groups in total. The molecule has 120 valence electrons. The Morgan fingerprint density at radius 1 is 1.32 bits per heavy atom. The van der Waals surface area contributed by atoms with E-state index in [9.17, 15) is 9.59 Å². The third kappa shape index (κ3) is 4.09. The lowest BCUT2D eigenvalue weighted by Gasteiger charge is -2.32. The first kappa shape index (κ1) is 16.5. The number of carbonyl (C=O) groups excluding carboxylic acids is 2. The lowest BCUT2D eigenvalue weighted by Crippen LogP contribution is -2.44. The van der Waals surface area contributed by atoms with Crippen LogP contribution in [0.15, 0.2) is 24.3 Å². The summed E-state index contributed by atoms with van der Waals surface area (Å²) in [5.74, 6) is 0.247. The first-order valence-corrected chi connectivity index (χ1v) is 8.17. The number of hydrogen-bond acceptors (Lipinski definition) is 2. The average Bonchev–Trinajstić information content (AvgIpc) is 2.54. The summed E-state index contributed by atoms with van der Waals surface area (Å²) in [4.78, 5) is 26.5. The van der Waals surface area contributed by atoms with E-state index in [2.05, 4.69) is 12.2 Å². The summed E-state index contributed by atoms with van der Waals surface area (Å²) in [6, 6.07) is 7.90. The van der Waals surface area contributed by atoms with Gasteiger partial charge in [-0.2, -0.15) is 0 Å². The van der Waals surface area contributed by atoms with Crippen molar-refractivity contribution < 1.29 is 9.59 Å². The number of carbonyl (C=O) groups is 2. The molecule has 2 rings (SSSR count). The predicted octanol–water partition coefficient (Wildman–Crippen LogP) is 2.76. The van der Waals surface area contributed by atoms with Crippen molar-refractivity contribution in [2.24, 2.45) is 5.92 Å². The normalized spacial score (nSPS) is 17.1. The number of benzene rings is 1. The summed E-state index contributed by atoms with van der Waals surface area (Å²) in [5.41, 5.74) is 1.83. The second-order valence-electron chi connectivity index (χ2n) is 6.25. The molecule has 0 spiro atoms. The fourth-order valence-electron chi connectivity index (χ4n) is 2.77. The van der Waals surface area contributed by atoms with Crippen LogP contribution in [0, 0.1) is 12.8 Å². The Morgan fingerprint density at radius 2 is 2.00 bits per heavy atom. The highest BCUT2D eigenvalue weighted by molar-refractivity contribution is 5.94. The van der Waals surface area contributed by atoms with Gasteiger partial charge in [0.25, 0.3) is 5.91 Å². The van der Waals surface area contributed by atoms with Gasteiger partial charge in [0.2, 0.25) is 5.91 Å². The monoisotopic (exact) mass is 302 g/mol. The SMILES string of the molecule is CCC(C)NC(=O)C1CCN(C(=O)c2cccc(C)c2)CC1. The van der Waals surface area contributed by atoms with E-state index in [0.717, 1.165) is 30.4 Å². The Bertz CT molecular complexity index is 534. The molecular weight excluding hydrogens is 276 g/mol. The molecule has 4 nitrogen and oxygen atoms in total. The summed E-state index contributed by atoms with van der Waals surface area (Å²) < 4.78 is 0. The van der Waals surface area contributed by atoms with Crippen LogP contribution in [0.25, 0.3) is 0 Å². The molecular formula is C18H26N2O2. The standard InChI is InChI=1S/C18H26N2O2/c1-4-14(3)19-17(21)15-8-10-20(11-9-15)18(22)16-7-5-6-13(2)12-16/h5-7,12,14-15H,4,8-11H2,1-3H3,(H,19,21). The van der Waals surface area contributed by atoms with Crippen LogP contribution in [0.1, 0.15) is 49.0 Å². The highest BCUT2D eigenvalue weighted by Crippen LogP contribution is 2.20. The maximum Gasteiger partial charge on any atom is 0.253 e. The van der Waals surface area contributed by atoms with Crippen LogP contribution >= 0.6 is 0 Å². The van der Waals surface area contributed by atoms with Gasteiger partial charge in [0.15, 0.2) is 0 Å². The van der Waals surface area contributed by atoms with Gasteiger partial charge in [0.1, 0.15) is 0 Å². The molecule has 1 saturated heterocycles. The highest BCUT2D eigenvalue weighted by atomic mass is 16.2. The van der Waals surface area contributed by atoms with E-state index in [4.69, 9.17) is 0 Å². The number of nitrogens with one attached hydrogen (secondary N) is 1. The number of hydrogen-bond donors (Lipinski definition) is 1. The van der Waals surface area contributed by atoms with Gasteiger partial charge in [0.05, 0.1) is 0 Å². The second-order valence-corrected chi connectivity index (χ2v) is 6.25. The van der Waals surface area contributed by atoms with Crippen LogP contribution in [0.3, 0.4) is 0 Å². The van der Waals surface area contributed by atoms with Crippen molar-refractivity contribution in [2.75, 3.05) is 13.1 Å². The molecule has 1 fully saturated rings. The van der Waals surface area contributed by atoms with Gasteiger partial charge in [-0.05, 0) is 45.2 Å². The van der Waals surface area contributed by atoms with E-state index >= 15 is 0 Å². The molecule has 22 heavy (non-hydrogen) atoms. The van der Waals surface area contributed by atoms with Crippen molar-refractivity contribution in [3.05, 3.63) is 35.4 Å². The zero-order chi connectivity index (χ0) is 16.1. The fourth-order valence-corrected chi connectivity index (χ4v) is 2.77. The minimum absolute atomic E-state index is 0.0376. The first-order chi connectivity index (χ1) is 10.5. The average molecular weight is 302 g/mol. The van der Waals surface area contributed by atoms with Gasteiger partial charge in [-0.3, -0.25) is 9.59 Å². The molecule has 2 amide bonds. The van der Waals surface area contributed by atoms with E-state index in [1.807, 2.05) is 43.0 Å². The van der Waals surface area contributed by atoms with Gasteiger partial charge in [0, 0.05) is 30.6 Å². The summed E-state index contributed by atoms with van der Waals surface area (Å²) in [5, 5.41) is 3.04. The van der Waals surface area contributed by atoms with Crippen LogP contribution in [0.5, 0.6) is 0 Å². The zero-order valence-electron chi connectivity index (χ0n) is 13.8. The van der Waals surface area contributed by atoms with Gasteiger partial charge in [-0.1, -0.05) is 24.6 Å². The summed E-state index contributed by atoms with van der Waals surface area (Å²) in [6.45, 7) is 7.39. The van der Waals surface area contributed by atoms with Crippen LogP contribution in [0.4, 0.5) is 0 Å². The van der Waals surface area contributed by atoms with E-state index in [1.165, 1.54) is 0 Å². The van der Waals surface area contributed by atoms with Crippen LogP contribution in [0.2, 0.25) is 0 Å². The molecule has 1 aliphatic rings. The van der Waals surface area contributed by atoms with E-state index in [0.29, 0.717) is 13.1 Å². The minimum Gasteiger partial charge on any atom is -0.353 e. The zero-order valence-corrected chi connectivity index (χ0v) is 13.8. The lowest BCUT2D eigenvalue weighted by atomic mass is 9.95. The Morgan fingerprint density at radius 3 is 2.59 bits per heavy atom. The van der Waals surface area contributed by atoms with Crippen LogP contribution in [-0.4, -0.2) is 35.8 Å². The number of piperidine rings is 1. The van der Waals surface area contributed by atoms with Crippen molar-refractivity contribution in [2.45, 2.75) is 46.1 Å². The number of nitrogens with zero attached hydrogens (tertiary/aromatic N) is 1. The molecule has 1 atom stereocenters. The van der Waals surface area contributed by atoms with Crippen LogP contribution < -0.4 is 5.32 Å². The molecule has 0 aromatic heterocycles. The molecule has 1 heterocycles. The number of amides is 2. The molecule has 0 radical (unpaired) electrons. The molecule has 0 aliphatic carbocycles. The maximum atomic E-state index is 12.5. The molecule has 1 aromatic rings. The lowest BCUT2D eigenvalue weighted by molar-refractivity contribution is -0.126. The largest absolute Gasteiger partial charge is 0.353 e. The summed E-state index contributed by atoms with van der Waals surface area (Å²) >= 11 is 0. The number of aryl methyl sites for hydroxylation is 1. The van der Waals surface area contributed by atoms with Gasteiger partial charge in [-0.15, -0.1) is 0 Å². The third-order valence-electron chi connectivity index (χ3n) is 4.42. The Labute approximate surface area is 132 Å². The summed E-state index contributed by atoms with van der Waals surface area (Å²) in [6.07, 6.45) is 2.44. The van der Waals surface area contributed by atoms with Crippen molar-refractivity contribution in [3.63, 3.8) is 0 Å². The molecule has 0 saturated carbocycles. The van der Waals surface area contributed by atoms with E-state index < -0.39 is 0 Å². The Balaban J connectivity index is 1.89. The fraction of sp³-hybridized carbons (Fsp3) is 0.556. The highest BCUT2D eigenvalue weighted by Gasteiger charge is 2.28.